The van der Waals surface area contributed by atoms with Crippen molar-refractivity contribution in [3.05, 3.63) is 47.7 Å². The van der Waals surface area contributed by atoms with Crippen LogP contribution in [0.15, 0.2) is 36.5 Å². The van der Waals surface area contributed by atoms with Gasteiger partial charge in [0.15, 0.2) is 0 Å². The van der Waals surface area contributed by atoms with Crippen LogP contribution in [0.4, 0.5) is 5.82 Å². The van der Waals surface area contributed by atoms with E-state index in [1.165, 1.54) is 11.1 Å². The predicted molar refractivity (Wildman–Crippen MR) is 68.0 cm³/mol. The highest BCUT2D eigenvalue weighted by molar-refractivity contribution is 5.94. The SMILES string of the molecule is O=C(Nc1ccn[nH]1)[C@H]1Cc2ccccc2CN1. The quantitative estimate of drug-likeness (QED) is 0.737. The molecule has 5 nitrogen and oxygen atoms in total. The van der Waals surface area contributed by atoms with E-state index in [1.54, 1.807) is 12.3 Å². The third-order valence-electron chi connectivity index (χ3n) is 3.16. The summed E-state index contributed by atoms with van der Waals surface area (Å²) in [5.41, 5.74) is 2.50. The highest BCUT2D eigenvalue weighted by Crippen LogP contribution is 2.16. The Hall–Kier alpha value is -2.14. The molecule has 3 N–H and O–H groups in total. The summed E-state index contributed by atoms with van der Waals surface area (Å²) >= 11 is 0. The van der Waals surface area contributed by atoms with Crippen molar-refractivity contribution in [1.82, 2.24) is 15.5 Å². The normalized spacial score (nSPS) is 18.1. The highest BCUT2D eigenvalue weighted by Gasteiger charge is 2.23. The molecule has 0 saturated carbocycles. The molecule has 0 aliphatic carbocycles. The van der Waals surface area contributed by atoms with Gasteiger partial charge in [0.2, 0.25) is 5.91 Å². The fraction of sp³-hybridized carbons (Fsp3) is 0.231. The van der Waals surface area contributed by atoms with Crippen LogP contribution >= 0.6 is 0 Å². The number of nitrogens with one attached hydrogen (secondary N) is 3. The van der Waals surface area contributed by atoms with Gasteiger partial charge in [-0.15, -0.1) is 0 Å². The van der Waals surface area contributed by atoms with Gasteiger partial charge >= 0.3 is 0 Å². The average molecular weight is 242 g/mol. The molecule has 92 valence electrons. The zero-order valence-electron chi connectivity index (χ0n) is 9.81. The number of aromatic amines is 1. The molecule has 18 heavy (non-hydrogen) atoms. The Kier molecular flexibility index (Phi) is 2.82. The van der Waals surface area contributed by atoms with Gasteiger partial charge in [-0.05, 0) is 17.5 Å². The van der Waals surface area contributed by atoms with E-state index in [-0.39, 0.29) is 11.9 Å². The monoisotopic (exact) mass is 242 g/mol. The Morgan fingerprint density at radius 2 is 2.11 bits per heavy atom. The molecule has 2 heterocycles. The van der Waals surface area contributed by atoms with Crippen molar-refractivity contribution in [1.29, 1.82) is 0 Å². The van der Waals surface area contributed by atoms with Crippen molar-refractivity contribution in [3.63, 3.8) is 0 Å². The molecular formula is C13H14N4O. The van der Waals surface area contributed by atoms with Crippen LogP contribution in [-0.2, 0) is 17.8 Å². The summed E-state index contributed by atoms with van der Waals surface area (Å²) in [6.45, 7) is 0.733. The molecule has 1 aliphatic heterocycles. The van der Waals surface area contributed by atoms with Crippen molar-refractivity contribution >= 4 is 11.7 Å². The van der Waals surface area contributed by atoms with Crippen molar-refractivity contribution in [2.24, 2.45) is 0 Å². The Balaban J connectivity index is 1.70. The van der Waals surface area contributed by atoms with Crippen LogP contribution in [0.5, 0.6) is 0 Å². The number of hydrogen-bond acceptors (Lipinski definition) is 3. The number of carbonyl (C=O) groups excluding carboxylic acids is 1. The first kappa shape index (κ1) is 11.0. The average Bonchev–Trinajstić information content (AvgIpc) is 2.91. The van der Waals surface area contributed by atoms with Crippen LogP contribution in [0.2, 0.25) is 0 Å². The topological polar surface area (TPSA) is 69.8 Å². The zero-order valence-corrected chi connectivity index (χ0v) is 9.81. The zero-order chi connectivity index (χ0) is 12.4. The Labute approximate surface area is 105 Å². The predicted octanol–water partition coefficient (Wildman–Crippen LogP) is 1.06. The summed E-state index contributed by atoms with van der Waals surface area (Å²) in [5.74, 6) is 0.592. The first-order valence-corrected chi connectivity index (χ1v) is 5.93. The van der Waals surface area contributed by atoms with Gasteiger partial charge in [-0.1, -0.05) is 24.3 Å². The van der Waals surface area contributed by atoms with E-state index >= 15 is 0 Å². The van der Waals surface area contributed by atoms with Gasteiger partial charge in [0.1, 0.15) is 5.82 Å². The molecule has 1 aliphatic rings. The van der Waals surface area contributed by atoms with E-state index in [2.05, 4.69) is 33.0 Å². The minimum atomic E-state index is -0.191. The number of fused-ring (bicyclic) bond motifs is 1. The molecule has 2 aromatic rings. The summed E-state index contributed by atoms with van der Waals surface area (Å²) in [4.78, 5) is 12.1. The lowest BCUT2D eigenvalue weighted by Crippen LogP contribution is -2.44. The summed E-state index contributed by atoms with van der Waals surface area (Å²) in [6, 6.07) is 9.73. The maximum atomic E-state index is 12.1. The van der Waals surface area contributed by atoms with Crippen LogP contribution in [0.25, 0.3) is 0 Å². The number of rotatable bonds is 2. The van der Waals surface area contributed by atoms with E-state index in [9.17, 15) is 4.79 Å². The fourth-order valence-electron chi connectivity index (χ4n) is 2.19. The third-order valence-corrected chi connectivity index (χ3v) is 3.16. The van der Waals surface area contributed by atoms with Gasteiger partial charge in [0, 0.05) is 12.6 Å². The van der Waals surface area contributed by atoms with Crippen LogP contribution in [0.1, 0.15) is 11.1 Å². The molecular weight excluding hydrogens is 228 g/mol. The number of nitrogens with zero attached hydrogens (tertiary/aromatic N) is 1. The molecule has 0 fully saturated rings. The number of H-pyrrole nitrogens is 1. The lowest BCUT2D eigenvalue weighted by atomic mass is 9.95. The van der Waals surface area contributed by atoms with Crippen LogP contribution in [0.3, 0.4) is 0 Å². The van der Waals surface area contributed by atoms with Crippen LogP contribution in [-0.4, -0.2) is 22.1 Å². The minimum Gasteiger partial charge on any atom is -0.310 e. The number of carbonyl (C=O) groups is 1. The molecule has 3 rings (SSSR count). The van der Waals surface area contributed by atoms with Crippen molar-refractivity contribution < 1.29 is 4.79 Å². The van der Waals surface area contributed by atoms with E-state index in [4.69, 9.17) is 0 Å². The van der Waals surface area contributed by atoms with Gasteiger partial charge < -0.3 is 10.6 Å². The van der Waals surface area contributed by atoms with Gasteiger partial charge in [-0.3, -0.25) is 9.89 Å². The van der Waals surface area contributed by atoms with E-state index in [0.29, 0.717) is 5.82 Å². The standard InChI is InChI=1S/C13H14N4O/c18-13(16-12-5-6-15-17-12)11-7-9-3-1-2-4-10(9)8-14-11/h1-6,11,14H,7-8H2,(H2,15,16,17,18)/t11-/m1/s1. The number of anilines is 1. The molecule has 0 unspecified atom stereocenters. The van der Waals surface area contributed by atoms with Gasteiger partial charge in [0.25, 0.3) is 0 Å². The maximum absolute atomic E-state index is 12.1. The van der Waals surface area contributed by atoms with E-state index in [1.807, 2.05) is 12.1 Å². The second kappa shape index (κ2) is 4.62. The number of amides is 1. The summed E-state index contributed by atoms with van der Waals surface area (Å²) < 4.78 is 0. The molecule has 1 aromatic carbocycles. The fourth-order valence-corrected chi connectivity index (χ4v) is 2.19. The van der Waals surface area contributed by atoms with Crippen LogP contribution < -0.4 is 10.6 Å². The number of hydrogen-bond donors (Lipinski definition) is 3. The van der Waals surface area contributed by atoms with E-state index < -0.39 is 0 Å². The first-order chi connectivity index (χ1) is 8.83. The van der Waals surface area contributed by atoms with Gasteiger partial charge in [0.05, 0.1) is 12.2 Å². The summed E-state index contributed by atoms with van der Waals surface area (Å²) in [5, 5.41) is 12.6. The largest absolute Gasteiger partial charge is 0.310 e. The van der Waals surface area contributed by atoms with Gasteiger partial charge in [-0.25, -0.2) is 0 Å². The maximum Gasteiger partial charge on any atom is 0.243 e. The highest BCUT2D eigenvalue weighted by atomic mass is 16.2. The van der Waals surface area contributed by atoms with E-state index in [0.717, 1.165) is 13.0 Å². The molecule has 0 bridgehead atoms. The van der Waals surface area contributed by atoms with Crippen LogP contribution in [0, 0.1) is 0 Å². The molecule has 0 spiro atoms. The summed E-state index contributed by atoms with van der Waals surface area (Å²) in [7, 11) is 0. The number of aromatic nitrogens is 2. The number of benzene rings is 1. The van der Waals surface area contributed by atoms with Crippen molar-refractivity contribution in [2.45, 2.75) is 19.0 Å². The van der Waals surface area contributed by atoms with Crippen molar-refractivity contribution in [3.8, 4) is 0 Å². The Bertz CT molecular complexity index is 550. The molecule has 0 saturated heterocycles. The first-order valence-electron chi connectivity index (χ1n) is 5.93. The molecule has 0 radical (unpaired) electrons. The second-order valence-electron chi connectivity index (χ2n) is 4.37. The molecule has 1 amide bonds. The molecule has 1 atom stereocenters. The van der Waals surface area contributed by atoms with Gasteiger partial charge in [-0.2, -0.15) is 5.10 Å². The lowest BCUT2D eigenvalue weighted by molar-refractivity contribution is -0.118. The minimum absolute atomic E-state index is 0.0336. The Morgan fingerprint density at radius 1 is 1.28 bits per heavy atom. The molecule has 1 aromatic heterocycles. The molecule has 5 heteroatoms. The third kappa shape index (κ3) is 2.12. The smallest absolute Gasteiger partial charge is 0.243 e. The Morgan fingerprint density at radius 3 is 2.89 bits per heavy atom. The summed E-state index contributed by atoms with van der Waals surface area (Å²) in [6.07, 6.45) is 2.33. The second-order valence-corrected chi connectivity index (χ2v) is 4.37. The lowest BCUT2D eigenvalue weighted by Gasteiger charge is -2.24. The van der Waals surface area contributed by atoms with Crippen molar-refractivity contribution in [2.75, 3.05) is 5.32 Å².